The van der Waals surface area contributed by atoms with Gasteiger partial charge in [0.2, 0.25) is 0 Å². The molecule has 0 amide bonds. The Morgan fingerprint density at radius 2 is 1.64 bits per heavy atom. The molecule has 0 saturated carbocycles. The maximum absolute atomic E-state index is 12.7. The molecule has 0 aliphatic carbocycles. The summed E-state index contributed by atoms with van der Waals surface area (Å²) in [4.78, 5) is 12.7. The number of hydrogen-bond donors (Lipinski definition) is 0. The van der Waals surface area contributed by atoms with Gasteiger partial charge in [0.05, 0.1) is 19.3 Å². The van der Waals surface area contributed by atoms with Crippen molar-refractivity contribution in [1.29, 1.82) is 0 Å². The highest BCUT2D eigenvalue weighted by Gasteiger charge is 2.29. The highest BCUT2D eigenvalue weighted by molar-refractivity contribution is 6.84. The molecule has 0 aliphatic heterocycles. The predicted molar refractivity (Wildman–Crippen MR) is 120 cm³/mol. The molecule has 2 aromatic rings. The van der Waals surface area contributed by atoms with Gasteiger partial charge in [-0.25, -0.2) is 0 Å². The van der Waals surface area contributed by atoms with Crippen molar-refractivity contribution in [2.45, 2.75) is 45.2 Å². The van der Waals surface area contributed by atoms with E-state index in [1.807, 2.05) is 24.3 Å². The zero-order valence-corrected chi connectivity index (χ0v) is 19.9. The topological polar surface area (TPSA) is 44.8 Å². The molecule has 0 aliphatic rings. The van der Waals surface area contributed by atoms with Gasteiger partial charge in [0.15, 0.2) is 22.4 Å². The monoisotopic (exact) mass is 416 g/mol. The Balaban J connectivity index is 1.96. The fourth-order valence-corrected chi connectivity index (χ4v) is 11.3. The molecular weight excluding hydrogens is 384 g/mol. The normalized spacial score (nSPS) is 11.9. The summed E-state index contributed by atoms with van der Waals surface area (Å²) in [6, 6.07) is 15.7. The third kappa shape index (κ3) is 6.93. The summed E-state index contributed by atoms with van der Waals surface area (Å²) in [5.41, 5.74) is 1.18. The molecule has 0 fully saturated rings. The van der Waals surface area contributed by atoms with E-state index in [1.54, 1.807) is 31.4 Å². The fraction of sp³-hybridized carbons (Fsp3) is 0.409. The molecule has 2 aromatic carbocycles. The van der Waals surface area contributed by atoms with Crippen LogP contribution < -0.4 is 9.47 Å². The molecule has 0 N–H and O–H groups in total. The minimum Gasteiger partial charge on any atom is -0.496 e. The van der Waals surface area contributed by atoms with Crippen molar-refractivity contribution in [3.8, 4) is 11.5 Å². The minimum absolute atomic E-state index is 0.0553. The number of carbonyl (C=O) groups excluding carboxylic acids is 1. The van der Waals surface area contributed by atoms with Gasteiger partial charge < -0.3 is 13.6 Å². The third-order valence-corrected chi connectivity index (χ3v) is 10.4. The van der Waals surface area contributed by atoms with E-state index in [0.29, 0.717) is 29.2 Å². The summed E-state index contributed by atoms with van der Waals surface area (Å²) >= 11 is 0. The molecule has 0 radical (unpaired) electrons. The van der Waals surface area contributed by atoms with E-state index < -0.39 is 16.6 Å². The van der Waals surface area contributed by atoms with Gasteiger partial charge in [-0.3, -0.25) is 4.79 Å². The number of carbonyl (C=O) groups is 1. The van der Waals surface area contributed by atoms with Crippen LogP contribution in [-0.2, 0) is 4.12 Å². The van der Waals surface area contributed by atoms with Crippen LogP contribution in [0.2, 0.25) is 38.8 Å². The number of methoxy groups -OCH3 is 1. The molecule has 0 heterocycles. The van der Waals surface area contributed by atoms with Crippen LogP contribution in [0.25, 0.3) is 0 Å². The summed E-state index contributed by atoms with van der Waals surface area (Å²) in [5.74, 6) is 1.19. The number of benzene rings is 2. The minimum atomic E-state index is -1.64. The molecule has 2 rings (SSSR count). The summed E-state index contributed by atoms with van der Waals surface area (Å²) in [7, 11) is -1.57. The van der Waals surface area contributed by atoms with Gasteiger partial charge in [0, 0.05) is 11.6 Å². The Labute approximate surface area is 171 Å². The van der Waals surface area contributed by atoms with Gasteiger partial charge in [-0.2, -0.15) is 0 Å². The molecule has 28 heavy (non-hydrogen) atoms. The standard InChI is InChI=1S/C22H32O4Si2/c1-24-21-17-19(25-15-10-16-28(5,6)26-27(2,3)4)13-14-20(21)22(23)18-11-8-7-9-12-18/h7-9,11-14,17H,10,15-16H2,1-6H3. The van der Waals surface area contributed by atoms with E-state index >= 15 is 0 Å². The molecule has 6 heteroatoms. The summed E-state index contributed by atoms with van der Waals surface area (Å²) in [6.45, 7) is 11.9. The second-order valence-electron chi connectivity index (χ2n) is 8.48. The van der Waals surface area contributed by atoms with E-state index in [9.17, 15) is 4.79 Å². The second kappa shape index (κ2) is 9.54. The predicted octanol–water partition coefficient (Wildman–Crippen LogP) is 5.75. The number of rotatable bonds is 10. The van der Waals surface area contributed by atoms with Crippen LogP contribution in [0.1, 0.15) is 22.3 Å². The Bertz CT molecular complexity index is 783. The van der Waals surface area contributed by atoms with Crippen molar-refractivity contribution in [2.75, 3.05) is 13.7 Å². The molecular formula is C22H32O4Si2. The van der Waals surface area contributed by atoms with Crippen LogP contribution in [0.15, 0.2) is 48.5 Å². The first kappa shape index (κ1) is 22.4. The maximum atomic E-state index is 12.7. The maximum Gasteiger partial charge on any atom is 0.196 e. The highest BCUT2D eigenvalue weighted by Crippen LogP contribution is 2.27. The van der Waals surface area contributed by atoms with Gasteiger partial charge in [0.25, 0.3) is 0 Å². The number of ketones is 1. The summed E-state index contributed by atoms with van der Waals surface area (Å²) in [6.07, 6.45) is 0.955. The zero-order chi connectivity index (χ0) is 20.8. The largest absolute Gasteiger partial charge is 0.496 e. The van der Waals surface area contributed by atoms with Crippen molar-refractivity contribution >= 4 is 22.4 Å². The SMILES string of the molecule is COc1cc(OCCC[Si](C)(C)O[Si](C)(C)C)ccc1C(=O)c1ccccc1. The molecule has 152 valence electrons. The first-order chi connectivity index (χ1) is 13.1. The molecule has 0 spiro atoms. The average Bonchev–Trinajstić information content (AvgIpc) is 2.63. The Kier molecular flexibility index (Phi) is 7.63. The molecule has 4 nitrogen and oxygen atoms in total. The van der Waals surface area contributed by atoms with Gasteiger partial charge in [-0.1, -0.05) is 30.3 Å². The van der Waals surface area contributed by atoms with Crippen LogP contribution in [0.4, 0.5) is 0 Å². The van der Waals surface area contributed by atoms with Crippen LogP contribution in [0, 0.1) is 0 Å². The van der Waals surface area contributed by atoms with E-state index in [-0.39, 0.29) is 5.78 Å². The first-order valence-corrected chi connectivity index (χ1v) is 16.2. The lowest BCUT2D eigenvalue weighted by molar-refractivity contribution is 0.103. The van der Waals surface area contributed by atoms with E-state index in [0.717, 1.165) is 12.5 Å². The van der Waals surface area contributed by atoms with E-state index in [4.69, 9.17) is 13.6 Å². The van der Waals surface area contributed by atoms with Gasteiger partial charge in [0.1, 0.15) is 11.5 Å². The van der Waals surface area contributed by atoms with E-state index in [1.165, 1.54) is 0 Å². The molecule has 0 atom stereocenters. The lowest BCUT2D eigenvalue weighted by atomic mass is 10.0. The Morgan fingerprint density at radius 3 is 2.25 bits per heavy atom. The fourth-order valence-electron chi connectivity index (χ4n) is 3.26. The summed E-state index contributed by atoms with van der Waals surface area (Å²) in [5, 5.41) is 0. The Morgan fingerprint density at radius 1 is 0.964 bits per heavy atom. The van der Waals surface area contributed by atoms with Crippen molar-refractivity contribution in [3.05, 3.63) is 59.7 Å². The second-order valence-corrected chi connectivity index (χ2v) is 17.5. The quantitative estimate of drug-likeness (QED) is 0.281. The van der Waals surface area contributed by atoms with Crippen molar-refractivity contribution in [1.82, 2.24) is 0 Å². The molecule has 0 bridgehead atoms. The third-order valence-electron chi connectivity index (χ3n) is 4.23. The number of hydrogen-bond acceptors (Lipinski definition) is 4. The van der Waals surface area contributed by atoms with Crippen LogP contribution >= 0.6 is 0 Å². The highest BCUT2D eigenvalue weighted by atomic mass is 28.4. The lowest BCUT2D eigenvalue weighted by Crippen LogP contribution is -2.42. The van der Waals surface area contributed by atoms with Crippen molar-refractivity contribution in [3.63, 3.8) is 0 Å². The zero-order valence-electron chi connectivity index (χ0n) is 17.9. The van der Waals surface area contributed by atoms with Crippen LogP contribution in [0.3, 0.4) is 0 Å². The van der Waals surface area contributed by atoms with Crippen LogP contribution in [0.5, 0.6) is 11.5 Å². The van der Waals surface area contributed by atoms with Gasteiger partial charge >= 0.3 is 0 Å². The van der Waals surface area contributed by atoms with Gasteiger partial charge in [-0.05, 0) is 57.3 Å². The lowest BCUT2D eigenvalue weighted by Gasteiger charge is -2.31. The van der Waals surface area contributed by atoms with Gasteiger partial charge in [-0.15, -0.1) is 0 Å². The molecule has 0 aromatic heterocycles. The average molecular weight is 417 g/mol. The number of ether oxygens (including phenoxy) is 2. The van der Waals surface area contributed by atoms with Crippen molar-refractivity contribution < 1.29 is 18.4 Å². The smallest absolute Gasteiger partial charge is 0.196 e. The van der Waals surface area contributed by atoms with Crippen molar-refractivity contribution in [2.24, 2.45) is 0 Å². The Hall–Kier alpha value is -1.90. The first-order valence-electron chi connectivity index (χ1n) is 9.72. The molecule has 0 saturated heterocycles. The van der Waals surface area contributed by atoms with E-state index in [2.05, 4.69) is 32.7 Å². The molecule has 0 unspecified atom stereocenters. The van der Waals surface area contributed by atoms with Crippen LogP contribution in [-0.4, -0.2) is 36.1 Å². The summed E-state index contributed by atoms with van der Waals surface area (Å²) < 4.78 is 17.7.